The summed E-state index contributed by atoms with van der Waals surface area (Å²) in [6, 6.07) is 13.9. The van der Waals surface area contributed by atoms with Crippen molar-refractivity contribution in [3.63, 3.8) is 0 Å². The lowest BCUT2D eigenvalue weighted by molar-refractivity contribution is -0.165. The molecule has 1 aromatic heterocycles. The molecule has 2 heterocycles. The Labute approximate surface area is 197 Å². The molecule has 0 aliphatic carbocycles. The molecular weight excluding hydrogens is 436 g/mol. The molecule has 178 valence electrons. The molecular formula is C26H28N2O6. The van der Waals surface area contributed by atoms with Gasteiger partial charge < -0.3 is 30.0 Å². The molecule has 8 heteroatoms. The van der Waals surface area contributed by atoms with Gasteiger partial charge in [0.2, 0.25) is 6.29 Å². The van der Waals surface area contributed by atoms with Crippen molar-refractivity contribution in [3.8, 4) is 0 Å². The van der Waals surface area contributed by atoms with Crippen LogP contribution in [0.25, 0.3) is 11.0 Å². The summed E-state index contributed by atoms with van der Waals surface area (Å²) in [6.45, 7) is 2.16. The monoisotopic (exact) mass is 464 g/mol. The van der Waals surface area contributed by atoms with E-state index in [0.717, 1.165) is 0 Å². The minimum Gasteiger partial charge on any atom is -0.464 e. The molecule has 0 saturated carbocycles. The van der Waals surface area contributed by atoms with Gasteiger partial charge in [-0.1, -0.05) is 24.3 Å². The quantitative estimate of drug-likeness (QED) is 0.434. The van der Waals surface area contributed by atoms with Crippen molar-refractivity contribution in [2.75, 3.05) is 24.3 Å². The van der Waals surface area contributed by atoms with Crippen LogP contribution in [0.1, 0.15) is 31.2 Å². The number of allylic oxidation sites excluding steroid dienone is 1. The van der Waals surface area contributed by atoms with Gasteiger partial charge in [0.15, 0.2) is 11.2 Å². The van der Waals surface area contributed by atoms with Gasteiger partial charge in [-0.2, -0.15) is 0 Å². The standard InChI is InChI=1S/C26H28N2O6/c1-2-32-26-16(9-7-13-29)18(19-15-33-22-12-6-3-8-17(22)24(19)30)14-23(34-26)25(31)28-21-11-5-4-10-20(21)27/h3-6,8,10-12,14-16,18,26,29H,2,7,9,13,27H2,1H3,(H,28,31). The number of carbonyl (C=O) groups is 1. The number of rotatable bonds is 8. The number of benzene rings is 2. The summed E-state index contributed by atoms with van der Waals surface area (Å²) in [4.78, 5) is 26.5. The van der Waals surface area contributed by atoms with Gasteiger partial charge in [0.1, 0.15) is 5.58 Å². The number of aliphatic hydroxyl groups is 1. The van der Waals surface area contributed by atoms with Crippen LogP contribution in [0.2, 0.25) is 0 Å². The summed E-state index contributed by atoms with van der Waals surface area (Å²) < 4.78 is 17.6. The Bertz CT molecular complexity index is 1250. The zero-order valence-corrected chi connectivity index (χ0v) is 18.9. The number of para-hydroxylation sites is 3. The number of nitrogens with two attached hydrogens (primary N) is 1. The molecule has 34 heavy (non-hydrogen) atoms. The van der Waals surface area contributed by atoms with Crippen LogP contribution < -0.4 is 16.5 Å². The minimum absolute atomic E-state index is 0.0151. The van der Waals surface area contributed by atoms with E-state index in [2.05, 4.69) is 5.32 Å². The number of amides is 1. The first-order valence-electron chi connectivity index (χ1n) is 11.3. The van der Waals surface area contributed by atoms with Crippen LogP contribution in [-0.2, 0) is 14.3 Å². The van der Waals surface area contributed by atoms with Crippen molar-refractivity contribution in [2.24, 2.45) is 5.92 Å². The third-order valence-electron chi connectivity index (χ3n) is 5.91. The zero-order valence-electron chi connectivity index (χ0n) is 18.9. The van der Waals surface area contributed by atoms with Crippen molar-refractivity contribution in [3.05, 3.63) is 82.4 Å². The van der Waals surface area contributed by atoms with Crippen molar-refractivity contribution in [1.29, 1.82) is 0 Å². The minimum atomic E-state index is -0.786. The van der Waals surface area contributed by atoms with E-state index in [1.165, 1.54) is 6.26 Å². The average molecular weight is 465 g/mol. The molecule has 8 nitrogen and oxygen atoms in total. The Morgan fingerprint density at radius 2 is 1.94 bits per heavy atom. The highest BCUT2D eigenvalue weighted by Crippen LogP contribution is 2.39. The van der Waals surface area contributed by atoms with Gasteiger partial charge in [0.05, 0.1) is 23.0 Å². The Morgan fingerprint density at radius 3 is 2.71 bits per heavy atom. The maximum atomic E-state index is 13.4. The molecule has 1 amide bonds. The third kappa shape index (κ3) is 4.83. The van der Waals surface area contributed by atoms with E-state index in [9.17, 15) is 14.7 Å². The molecule has 4 N–H and O–H groups in total. The molecule has 3 aromatic rings. The van der Waals surface area contributed by atoms with E-state index in [0.29, 0.717) is 47.4 Å². The second kappa shape index (κ2) is 10.5. The van der Waals surface area contributed by atoms with Gasteiger partial charge >= 0.3 is 0 Å². The highest BCUT2D eigenvalue weighted by atomic mass is 16.7. The number of nitrogen functional groups attached to an aromatic ring is 1. The fraction of sp³-hybridized carbons (Fsp3) is 0.308. The maximum absolute atomic E-state index is 13.4. The van der Waals surface area contributed by atoms with Gasteiger partial charge in [-0.15, -0.1) is 0 Å². The number of anilines is 2. The first-order valence-corrected chi connectivity index (χ1v) is 11.3. The summed E-state index contributed by atoms with van der Waals surface area (Å²) in [5.41, 5.74) is 7.54. The van der Waals surface area contributed by atoms with Crippen molar-refractivity contribution < 1.29 is 23.8 Å². The lowest BCUT2D eigenvalue weighted by Gasteiger charge is -2.36. The summed E-state index contributed by atoms with van der Waals surface area (Å²) in [6.07, 6.45) is 3.30. The third-order valence-corrected chi connectivity index (χ3v) is 5.91. The second-order valence-corrected chi connectivity index (χ2v) is 8.09. The van der Waals surface area contributed by atoms with Crippen LogP contribution in [0.5, 0.6) is 0 Å². The Balaban J connectivity index is 1.77. The zero-order chi connectivity index (χ0) is 24.1. The van der Waals surface area contributed by atoms with Crippen molar-refractivity contribution in [1.82, 2.24) is 0 Å². The maximum Gasteiger partial charge on any atom is 0.290 e. The number of hydrogen-bond donors (Lipinski definition) is 3. The van der Waals surface area contributed by atoms with Gasteiger partial charge in [0.25, 0.3) is 5.91 Å². The van der Waals surface area contributed by atoms with Crippen LogP contribution in [0.4, 0.5) is 11.4 Å². The van der Waals surface area contributed by atoms with Crippen molar-refractivity contribution >= 4 is 28.3 Å². The van der Waals surface area contributed by atoms with Crippen LogP contribution >= 0.6 is 0 Å². The number of nitrogens with one attached hydrogen (secondary N) is 1. The van der Waals surface area contributed by atoms with Crippen LogP contribution in [-0.4, -0.2) is 30.5 Å². The molecule has 4 rings (SSSR count). The summed E-state index contributed by atoms with van der Waals surface area (Å²) in [5.74, 6) is -1.31. The molecule has 3 unspecified atom stereocenters. The first-order chi connectivity index (χ1) is 16.5. The van der Waals surface area contributed by atoms with E-state index in [1.54, 1.807) is 54.6 Å². The summed E-state index contributed by atoms with van der Waals surface area (Å²) >= 11 is 0. The van der Waals surface area contributed by atoms with Crippen LogP contribution in [0.3, 0.4) is 0 Å². The normalized spacial score (nSPS) is 19.9. The molecule has 0 radical (unpaired) electrons. The molecule has 0 bridgehead atoms. The molecule has 1 aliphatic heterocycles. The fourth-order valence-electron chi connectivity index (χ4n) is 4.24. The molecule has 0 fully saturated rings. The molecule has 0 spiro atoms. The van der Waals surface area contributed by atoms with Gasteiger partial charge in [-0.3, -0.25) is 9.59 Å². The highest BCUT2D eigenvalue weighted by Gasteiger charge is 2.39. The summed E-state index contributed by atoms with van der Waals surface area (Å²) in [7, 11) is 0. The van der Waals surface area contributed by atoms with Crippen LogP contribution in [0.15, 0.2) is 75.8 Å². The van der Waals surface area contributed by atoms with E-state index >= 15 is 0 Å². The van der Waals surface area contributed by atoms with Crippen molar-refractivity contribution in [2.45, 2.75) is 32.0 Å². The van der Waals surface area contributed by atoms with Crippen LogP contribution in [0, 0.1) is 5.92 Å². The lowest BCUT2D eigenvalue weighted by Crippen LogP contribution is -2.38. The Hall–Kier alpha value is -3.62. The smallest absolute Gasteiger partial charge is 0.290 e. The predicted molar refractivity (Wildman–Crippen MR) is 129 cm³/mol. The highest BCUT2D eigenvalue weighted by molar-refractivity contribution is 6.04. The Kier molecular flexibility index (Phi) is 7.30. The molecule has 1 aliphatic rings. The largest absolute Gasteiger partial charge is 0.464 e. The van der Waals surface area contributed by atoms with Gasteiger partial charge in [0, 0.05) is 30.6 Å². The average Bonchev–Trinajstić information content (AvgIpc) is 2.85. The number of hydrogen-bond acceptors (Lipinski definition) is 7. The first kappa shape index (κ1) is 23.5. The topological polar surface area (TPSA) is 124 Å². The predicted octanol–water partition coefficient (Wildman–Crippen LogP) is 3.76. The number of ether oxygens (including phenoxy) is 2. The lowest BCUT2D eigenvalue weighted by atomic mass is 9.81. The molecule has 0 saturated heterocycles. The van der Waals surface area contributed by atoms with E-state index in [-0.39, 0.29) is 23.7 Å². The number of carbonyl (C=O) groups excluding carboxylic acids is 1. The number of fused-ring (bicyclic) bond motifs is 1. The second-order valence-electron chi connectivity index (χ2n) is 8.09. The van der Waals surface area contributed by atoms with E-state index in [1.807, 2.05) is 6.92 Å². The summed E-state index contributed by atoms with van der Waals surface area (Å²) in [5, 5.41) is 12.7. The van der Waals surface area contributed by atoms with E-state index < -0.39 is 18.1 Å². The SMILES string of the molecule is CCOC1OC(C(=O)Nc2ccccc2N)=CC(c2coc3ccccc3c2=O)C1CCCO. The van der Waals surface area contributed by atoms with Gasteiger partial charge in [-0.25, -0.2) is 0 Å². The molecule has 2 aromatic carbocycles. The fourth-order valence-corrected chi connectivity index (χ4v) is 4.24. The Morgan fingerprint density at radius 1 is 1.18 bits per heavy atom. The molecule has 3 atom stereocenters. The van der Waals surface area contributed by atoms with E-state index in [4.69, 9.17) is 19.6 Å². The number of aliphatic hydroxyl groups excluding tert-OH is 1. The van der Waals surface area contributed by atoms with Gasteiger partial charge in [-0.05, 0) is 50.1 Å².